The van der Waals surface area contributed by atoms with Gasteiger partial charge in [-0.15, -0.1) is 0 Å². The summed E-state index contributed by atoms with van der Waals surface area (Å²) in [6, 6.07) is 1.91. The molecular weight excluding hydrogens is 264 g/mol. The molecule has 8 heteroatoms. The molecule has 0 fully saturated rings. The van der Waals surface area contributed by atoms with Gasteiger partial charge < -0.3 is 10.2 Å². The van der Waals surface area contributed by atoms with Gasteiger partial charge in [0, 0.05) is 12.1 Å². The number of anilines is 1. The van der Waals surface area contributed by atoms with Crippen LogP contribution in [-0.4, -0.2) is 26.0 Å². The third-order valence-electron chi connectivity index (χ3n) is 2.34. The monoisotopic (exact) mass is 280 g/mol. The molecule has 19 heavy (non-hydrogen) atoms. The molecule has 0 spiro atoms. The zero-order valence-corrected chi connectivity index (χ0v) is 11.8. The van der Waals surface area contributed by atoms with E-state index in [1.54, 1.807) is 12.3 Å². The van der Waals surface area contributed by atoms with Crippen LogP contribution in [0.1, 0.15) is 19.9 Å². The predicted octanol–water partition coefficient (Wildman–Crippen LogP) is 2.05. The Hall–Kier alpha value is -1.80. The molecule has 2 rings (SSSR count). The van der Waals surface area contributed by atoms with Crippen molar-refractivity contribution in [2.24, 2.45) is 5.84 Å². The Balaban J connectivity index is 2.21. The minimum absolute atomic E-state index is 0.283. The van der Waals surface area contributed by atoms with E-state index in [0.29, 0.717) is 22.6 Å². The maximum atomic E-state index is 5.65. The number of nitrogen functional groups attached to an aromatic ring is 1. The number of hydrogen-bond acceptors (Lipinski definition) is 7. The van der Waals surface area contributed by atoms with E-state index in [2.05, 4.69) is 20.5 Å². The summed E-state index contributed by atoms with van der Waals surface area (Å²) < 4.78 is 7.46. The number of aromatic nitrogens is 4. The number of thioether (sulfide) groups is 1. The maximum Gasteiger partial charge on any atom is 0.225 e. The summed E-state index contributed by atoms with van der Waals surface area (Å²) in [5.74, 6) is 6.92. The van der Waals surface area contributed by atoms with E-state index >= 15 is 0 Å². The van der Waals surface area contributed by atoms with Crippen molar-refractivity contribution in [2.45, 2.75) is 25.0 Å². The lowest BCUT2D eigenvalue weighted by Crippen LogP contribution is -2.09. The van der Waals surface area contributed by atoms with Gasteiger partial charge in [-0.25, -0.2) is 10.8 Å². The highest BCUT2D eigenvalue weighted by Crippen LogP contribution is 2.24. The molecule has 0 saturated heterocycles. The van der Waals surface area contributed by atoms with E-state index in [1.165, 1.54) is 11.8 Å². The molecule has 0 atom stereocenters. The van der Waals surface area contributed by atoms with Crippen molar-refractivity contribution in [2.75, 3.05) is 11.7 Å². The van der Waals surface area contributed by atoms with Crippen molar-refractivity contribution in [3.8, 4) is 11.6 Å². The van der Waals surface area contributed by atoms with E-state index in [0.717, 1.165) is 0 Å². The van der Waals surface area contributed by atoms with Gasteiger partial charge in [0.05, 0.1) is 12.4 Å². The van der Waals surface area contributed by atoms with Crippen molar-refractivity contribution in [3.05, 3.63) is 18.5 Å². The van der Waals surface area contributed by atoms with Gasteiger partial charge in [-0.05, 0) is 20.1 Å². The van der Waals surface area contributed by atoms with Crippen LogP contribution in [0.25, 0.3) is 0 Å². The Kier molecular flexibility index (Phi) is 4.23. The molecule has 2 heterocycles. The quantitative estimate of drug-likeness (QED) is 0.375. The van der Waals surface area contributed by atoms with Crippen molar-refractivity contribution in [1.29, 1.82) is 0 Å². The molecule has 0 aliphatic rings. The molecule has 0 aliphatic heterocycles. The van der Waals surface area contributed by atoms with Gasteiger partial charge in [0.2, 0.25) is 5.88 Å². The normalized spacial score (nSPS) is 10.8. The lowest BCUT2D eigenvalue weighted by molar-refractivity contribution is 0.452. The molecular formula is C11H16N6OS. The predicted molar refractivity (Wildman–Crippen MR) is 74.3 cm³/mol. The number of rotatable bonds is 5. The van der Waals surface area contributed by atoms with Crippen LogP contribution in [0, 0.1) is 0 Å². The summed E-state index contributed by atoms with van der Waals surface area (Å²) in [6.45, 7) is 4.09. The summed E-state index contributed by atoms with van der Waals surface area (Å²) in [4.78, 5) is 8.41. The molecule has 0 amide bonds. The Morgan fingerprint density at radius 2 is 2.21 bits per heavy atom. The van der Waals surface area contributed by atoms with Crippen molar-refractivity contribution >= 4 is 17.6 Å². The number of nitrogens with one attached hydrogen (secondary N) is 1. The topological polar surface area (TPSA) is 90.9 Å². The molecule has 2 aromatic heterocycles. The number of nitrogens with two attached hydrogens (primary N) is 1. The Labute approximate surface area is 115 Å². The smallest absolute Gasteiger partial charge is 0.225 e. The molecule has 0 unspecified atom stereocenters. The van der Waals surface area contributed by atoms with Gasteiger partial charge in [-0.2, -0.15) is 10.1 Å². The minimum Gasteiger partial charge on any atom is -0.435 e. The zero-order chi connectivity index (χ0) is 13.8. The number of nitrogens with zero attached hydrogens (tertiary/aromatic N) is 4. The zero-order valence-electron chi connectivity index (χ0n) is 11.0. The van der Waals surface area contributed by atoms with Crippen LogP contribution in [0.4, 0.5) is 5.82 Å². The second-order valence-corrected chi connectivity index (χ2v) is 4.85. The van der Waals surface area contributed by atoms with Crippen LogP contribution in [0.2, 0.25) is 0 Å². The van der Waals surface area contributed by atoms with Gasteiger partial charge in [-0.1, -0.05) is 11.8 Å². The average Bonchev–Trinajstić information content (AvgIpc) is 2.87. The van der Waals surface area contributed by atoms with E-state index in [-0.39, 0.29) is 6.04 Å². The minimum atomic E-state index is 0.283. The average molecular weight is 280 g/mol. The van der Waals surface area contributed by atoms with Crippen LogP contribution in [0.3, 0.4) is 0 Å². The largest absolute Gasteiger partial charge is 0.435 e. The molecule has 0 aromatic carbocycles. The molecule has 0 aliphatic carbocycles. The number of hydrazine groups is 1. The third-order valence-corrected chi connectivity index (χ3v) is 2.89. The Morgan fingerprint density at radius 1 is 1.42 bits per heavy atom. The SMILES string of the molecule is CSc1nc(NN)cc(Oc2cnn(C(C)C)c2)n1. The molecule has 0 bridgehead atoms. The molecule has 3 N–H and O–H groups in total. The first-order valence-electron chi connectivity index (χ1n) is 5.74. The van der Waals surface area contributed by atoms with Gasteiger partial charge in [-0.3, -0.25) is 4.68 Å². The Bertz CT molecular complexity index is 534. The summed E-state index contributed by atoms with van der Waals surface area (Å²) in [6.07, 6.45) is 5.35. The van der Waals surface area contributed by atoms with Crippen molar-refractivity contribution < 1.29 is 4.74 Å². The molecule has 2 aromatic rings. The third kappa shape index (κ3) is 3.36. The van der Waals surface area contributed by atoms with E-state index in [4.69, 9.17) is 10.6 Å². The van der Waals surface area contributed by atoms with E-state index in [1.807, 2.05) is 31.0 Å². The van der Waals surface area contributed by atoms with Crippen molar-refractivity contribution in [1.82, 2.24) is 19.7 Å². The van der Waals surface area contributed by atoms with Gasteiger partial charge in [0.25, 0.3) is 0 Å². The second kappa shape index (κ2) is 5.89. The summed E-state index contributed by atoms with van der Waals surface area (Å²) in [7, 11) is 0. The van der Waals surface area contributed by atoms with Crippen LogP contribution < -0.4 is 16.0 Å². The summed E-state index contributed by atoms with van der Waals surface area (Å²) in [5, 5.41) is 4.78. The highest BCUT2D eigenvalue weighted by molar-refractivity contribution is 7.98. The Morgan fingerprint density at radius 3 is 2.79 bits per heavy atom. The maximum absolute atomic E-state index is 5.65. The fourth-order valence-corrected chi connectivity index (χ4v) is 1.77. The van der Waals surface area contributed by atoms with Gasteiger partial charge in [0.15, 0.2) is 10.9 Å². The summed E-state index contributed by atoms with van der Waals surface area (Å²) in [5.41, 5.74) is 2.49. The van der Waals surface area contributed by atoms with Crippen molar-refractivity contribution in [3.63, 3.8) is 0 Å². The number of ether oxygens (including phenoxy) is 1. The van der Waals surface area contributed by atoms with Gasteiger partial charge in [0.1, 0.15) is 5.82 Å². The molecule has 0 saturated carbocycles. The van der Waals surface area contributed by atoms with Crippen LogP contribution in [0.15, 0.2) is 23.6 Å². The van der Waals surface area contributed by atoms with Crippen LogP contribution in [0.5, 0.6) is 11.6 Å². The fraction of sp³-hybridized carbons (Fsp3) is 0.364. The first kappa shape index (κ1) is 13.6. The molecule has 7 nitrogen and oxygen atoms in total. The highest BCUT2D eigenvalue weighted by Gasteiger charge is 2.08. The van der Waals surface area contributed by atoms with E-state index < -0.39 is 0 Å². The molecule has 0 radical (unpaired) electrons. The second-order valence-electron chi connectivity index (χ2n) is 4.07. The standard InChI is InChI=1S/C11H16N6OS/c1-7(2)17-6-8(5-13-17)18-10-4-9(16-12)14-11(15-10)19-3/h4-7H,12H2,1-3H3,(H,14,15,16). The fourth-order valence-electron chi connectivity index (χ4n) is 1.40. The first-order chi connectivity index (χ1) is 9.12. The van der Waals surface area contributed by atoms with Crippen LogP contribution in [-0.2, 0) is 0 Å². The molecule has 102 valence electrons. The highest BCUT2D eigenvalue weighted by atomic mass is 32.2. The lowest BCUT2D eigenvalue weighted by Gasteiger charge is -2.06. The number of hydrogen-bond donors (Lipinski definition) is 2. The lowest BCUT2D eigenvalue weighted by atomic mass is 10.4. The summed E-state index contributed by atoms with van der Waals surface area (Å²) >= 11 is 1.41. The van der Waals surface area contributed by atoms with E-state index in [9.17, 15) is 0 Å². The van der Waals surface area contributed by atoms with Crippen LogP contribution >= 0.6 is 11.8 Å². The van der Waals surface area contributed by atoms with Gasteiger partial charge >= 0.3 is 0 Å². The first-order valence-corrected chi connectivity index (χ1v) is 6.96.